The van der Waals surface area contributed by atoms with Crippen LogP contribution in [0.5, 0.6) is 0 Å². The van der Waals surface area contributed by atoms with Gasteiger partial charge >= 0.3 is 0 Å². The quantitative estimate of drug-likeness (QED) is 0.460. The van der Waals surface area contributed by atoms with Crippen molar-refractivity contribution in [3.8, 4) is 11.5 Å². The van der Waals surface area contributed by atoms with E-state index in [2.05, 4.69) is 15.2 Å². The molecule has 0 aliphatic rings. The fourth-order valence-corrected chi connectivity index (χ4v) is 4.07. The van der Waals surface area contributed by atoms with Gasteiger partial charge in [-0.05, 0) is 38.1 Å². The molecule has 1 amide bonds. The van der Waals surface area contributed by atoms with Crippen molar-refractivity contribution in [3.05, 3.63) is 65.0 Å². The van der Waals surface area contributed by atoms with E-state index < -0.39 is 0 Å². The molecule has 0 saturated carbocycles. The highest BCUT2D eigenvalue weighted by molar-refractivity contribution is 7.18. The van der Waals surface area contributed by atoms with Crippen LogP contribution in [0.3, 0.4) is 0 Å². The van der Waals surface area contributed by atoms with Gasteiger partial charge in [0.15, 0.2) is 0 Å². The number of aromatic nitrogens is 3. The fourth-order valence-electron chi connectivity index (χ4n) is 3.01. The molecule has 1 unspecified atom stereocenters. The minimum absolute atomic E-state index is 0.0202. The molecular weight excluding hydrogens is 384 g/mol. The molecule has 0 spiro atoms. The van der Waals surface area contributed by atoms with Gasteiger partial charge in [-0.15, -0.1) is 21.5 Å². The molecule has 4 aromatic rings. The van der Waals surface area contributed by atoms with Crippen LogP contribution < -0.4 is 0 Å². The summed E-state index contributed by atoms with van der Waals surface area (Å²) >= 11 is 1.62. The molecule has 4 rings (SSSR count). The molecule has 0 radical (unpaired) electrons. The van der Waals surface area contributed by atoms with E-state index in [4.69, 9.17) is 4.42 Å². The Balaban J connectivity index is 1.38. The number of aryl methyl sites for hydroxylation is 2. The average molecular weight is 407 g/mol. The summed E-state index contributed by atoms with van der Waals surface area (Å²) in [6, 6.07) is 15.8. The zero-order chi connectivity index (χ0) is 20.4. The van der Waals surface area contributed by atoms with Gasteiger partial charge in [0, 0.05) is 25.5 Å². The molecule has 6 nitrogen and oxygen atoms in total. The van der Waals surface area contributed by atoms with Crippen LogP contribution in [0.15, 0.2) is 52.9 Å². The van der Waals surface area contributed by atoms with Crippen molar-refractivity contribution in [2.75, 3.05) is 7.05 Å². The standard InChI is InChI=1S/C22H22N4O2S/c1-14-8-10-16(11-9-14)21-25-24-19(28-21)12-13-20(27)26(3)15(2)22-23-17-6-4-5-7-18(17)29-22/h4-11,15H,12-13H2,1-3H3. The maximum atomic E-state index is 12.7. The second-order valence-corrected chi connectivity index (χ2v) is 8.13. The van der Waals surface area contributed by atoms with Crippen LogP contribution in [0.2, 0.25) is 0 Å². The van der Waals surface area contributed by atoms with Gasteiger partial charge in [0.05, 0.1) is 16.3 Å². The normalized spacial score (nSPS) is 12.2. The van der Waals surface area contributed by atoms with Gasteiger partial charge in [0.2, 0.25) is 17.7 Å². The molecule has 7 heteroatoms. The number of thiazole rings is 1. The third kappa shape index (κ3) is 4.19. The van der Waals surface area contributed by atoms with Crippen LogP contribution in [-0.2, 0) is 11.2 Å². The number of fused-ring (bicyclic) bond motifs is 1. The third-order valence-electron chi connectivity index (χ3n) is 4.96. The Labute approximate surface area is 173 Å². The number of hydrogen-bond donors (Lipinski definition) is 0. The minimum Gasteiger partial charge on any atom is -0.421 e. The molecule has 0 fully saturated rings. The number of hydrogen-bond acceptors (Lipinski definition) is 6. The molecule has 0 N–H and O–H groups in total. The van der Waals surface area contributed by atoms with Crippen LogP contribution in [0.1, 0.15) is 35.8 Å². The van der Waals surface area contributed by atoms with Crippen LogP contribution in [0.4, 0.5) is 0 Å². The van der Waals surface area contributed by atoms with Crippen molar-refractivity contribution in [1.82, 2.24) is 20.1 Å². The van der Waals surface area contributed by atoms with Crippen molar-refractivity contribution in [2.24, 2.45) is 0 Å². The largest absolute Gasteiger partial charge is 0.421 e. The van der Waals surface area contributed by atoms with Crippen LogP contribution in [0.25, 0.3) is 21.7 Å². The summed E-state index contributed by atoms with van der Waals surface area (Å²) in [5.74, 6) is 0.963. The first-order valence-electron chi connectivity index (χ1n) is 9.52. The first-order valence-corrected chi connectivity index (χ1v) is 10.3. The lowest BCUT2D eigenvalue weighted by molar-refractivity contribution is -0.131. The monoisotopic (exact) mass is 406 g/mol. The van der Waals surface area contributed by atoms with E-state index in [-0.39, 0.29) is 11.9 Å². The van der Waals surface area contributed by atoms with Crippen molar-refractivity contribution in [3.63, 3.8) is 0 Å². The second kappa shape index (κ2) is 8.13. The topological polar surface area (TPSA) is 72.1 Å². The summed E-state index contributed by atoms with van der Waals surface area (Å²) in [7, 11) is 1.81. The molecule has 148 valence electrons. The number of nitrogens with zero attached hydrogens (tertiary/aromatic N) is 4. The summed E-state index contributed by atoms with van der Waals surface area (Å²) in [6.45, 7) is 4.03. The van der Waals surface area contributed by atoms with Gasteiger partial charge in [-0.2, -0.15) is 0 Å². The molecule has 0 saturated heterocycles. The lowest BCUT2D eigenvalue weighted by Crippen LogP contribution is -2.29. The van der Waals surface area contributed by atoms with E-state index >= 15 is 0 Å². The zero-order valence-corrected chi connectivity index (χ0v) is 17.4. The number of para-hydroxylation sites is 1. The smallest absolute Gasteiger partial charge is 0.247 e. The molecule has 0 bridgehead atoms. The molecule has 2 aromatic carbocycles. The Morgan fingerprint density at radius 3 is 2.66 bits per heavy atom. The van der Waals surface area contributed by atoms with Gasteiger partial charge < -0.3 is 9.32 Å². The molecule has 1 atom stereocenters. The van der Waals surface area contributed by atoms with Crippen LogP contribution >= 0.6 is 11.3 Å². The number of rotatable bonds is 6. The molecular formula is C22H22N4O2S. The van der Waals surface area contributed by atoms with E-state index in [0.717, 1.165) is 20.8 Å². The zero-order valence-electron chi connectivity index (χ0n) is 16.6. The van der Waals surface area contributed by atoms with Gasteiger partial charge in [-0.25, -0.2) is 4.98 Å². The van der Waals surface area contributed by atoms with Crippen LogP contribution in [-0.4, -0.2) is 33.0 Å². The second-order valence-electron chi connectivity index (χ2n) is 7.07. The predicted molar refractivity (Wildman–Crippen MR) is 114 cm³/mol. The number of amides is 1. The Bertz CT molecular complexity index is 1100. The van der Waals surface area contributed by atoms with Gasteiger partial charge in [-0.3, -0.25) is 4.79 Å². The summed E-state index contributed by atoms with van der Waals surface area (Å²) in [5.41, 5.74) is 3.02. The van der Waals surface area contributed by atoms with Gasteiger partial charge in [0.1, 0.15) is 5.01 Å². The molecule has 0 aliphatic heterocycles. The van der Waals surface area contributed by atoms with Crippen LogP contribution in [0, 0.1) is 6.92 Å². The number of carbonyl (C=O) groups is 1. The summed E-state index contributed by atoms with van der Waals surface area (Å²) < 4.78 is 6.85. The van der Waals surface area contributed by atoms with Gasteiger partial charge in [-0.1, -0.05) is 29.8 Å². The predicted octanol–water partition coefficient (Wildman–Crippen LogP) is 4.81. The Morgan fingerprint density at radius 1 is 1.14 bits per heavy atom. The minimum atomic E-state index is -0.0919. The van der Waals surface area contributed by atoms with E-state index in [1.54, 1.807) is 16.2 Å². The van der Waals surface area contributed by atoms with Crippen molar-refractivity contribution < 1.29 is 9.21 Å². The summed E-state index contributed by atoms with van der Waals surface area (Å²) in [5, 5.41) is 9.11. The highest BCUT2D eigenvalue weighted by Gasteiger charge is 2.21. The lowest BCUT2D eigenvalue weighted by Gasteiger charge is -2.23. The highest BCUT2D eigenvalue weighted by atomic mass is 32.1. The average Bonchev–Trinajstić information content (AvgIpc) is 3.38. The Kier molecular flexibility index (Phi) is 5.40. The number of carbonyl (C=O) groups excluding carboxylic acids is 1. The SMILES string of the molecule is Cc1ccc(-c2nnc(CCC(=O)N(C)C(C)c3nc4ccccc4s3)o2)cc1. The Morgan fingerprint density at radius 2 is 1.90 bits per heavy atom. The molecule has 0 aliphatic carbocycles. The molecule has 2 heterocycles. The van der Waals surface area contributed by atoms with E-state index in [1.807, 2.05) is 69.4 Å². The fraction of sp³-hybridized carbons (Fsp3) is 0.273. The van der Waals surface area contributed by atoms with Crippen molar-refractivity contribution in [1.29, 1.82) is 0 Å². The van der Waals surface area contributed by atoms with E-state index in [0.29, 0.717) is 24.6 Å². The highest BCUT2D eigenvalue weighted by Crippen LogP contribution is 2.29. The van der Waals surface area contributed by atoms with Crippen molar-refractivity contribution in [2.45, 2.75) is 32.7 Å². The summed E-state index contributed by atoms with van der Waals surface area (Å²) in [6.07, 6.45) is 0.718. The first kappa shape index (κ1) is 19.3. The number of benzene rings is 2. The lowest BCUT2D eigenvalue weighted by atomic mass is 10.1. The van der Waals surface area contributed by atoms with E-state index in [1.165, 1.54) is 5.56 Å². The van der Waals surface area contributed by atoms with Gasteiger partial charge in [0.25, 0.3) is 0 Å². The molecule has 2 aromatic heterocycles. The first-order chi connectivity index (χ1) is 14.0. The summed E-state index contributed by atoms with van der Waals surface area (Å²) in [4.78, 5) is 19.1. The molecule has 29 heavy (non-hydrogen) atoms. The third-order valence-corrected chi connectivity index (χ3v) is 6.17. The Hall–Kier alpha value is -3.06. The maximum Gasteiger partial charge on any atom is 0.247 e. The van der Waals surface area contributed by atoms with E-state index in [9.17, 15) is 4.79 Å². The van der Waals surface area contributed by atoms with Crippen molar-refractivity contribution >= 4 is 27.5 Å². The maximum absolute atomic E-state index is 12.7.